The third kappa shape index (κ3) is 3.57. The molecule has 3 N–H and O–H groups in total. The standard InChI is InChI=1S/C20H21N5OS.ClH/c26-19(18-15-10-21-8-7-16(15)24-25-18)23-20-22-17(11-27-20)14-6-5-12-3-1-2-4-13(12)9-14;/h5-6,9,11,21H,1-4,7-8,10H2,(H,24,25)(H,22,23,26);1H. The number of thiazole rings is 1. The number of hydrogen-bond acceptors (Lipinski definition) is 5. The summed E-state index contributed by atoms with van der Waals surface area (Å²) in [6.07, 6.45) is 5.74. The second kappa shape index (κ2) is 8.03. The van der Waals surface area contributed by atoms with E-state index in [2.05, 4.69) is 44.0 Å². The SMILES string of the molecule is Cl.O=C(Nc1nc(-c2ccc3c(c2)CCCC3)cs1)c1n[nH]c2c1CNCC2. The van der Waals surface area contributed by atoms with Crippen LogP contribution < -0.4 is 10.6 Å². The molecule has 6 nitrogen and oxygen atoms in total. The molecule has 0 bridgehead atoms. The molecule has 0 saturated heterocycles. The minimum Gasteiger partial charge on any atom is -0.312 e. The van der Waals surface area contributed by atoms with E-state index in [-0.39, 0.29) is 18.3 Å². The molecular weight excluding hydrogens is 394 g/mol. The maximum atomic E-state index is 12.6. The van der Waals surface area contributed by atoms with Crippen molar-refractivity contribution in [2.24, 2.45) is 0 Å². The molecule has 5 rings (SSSR count). The smallest absolute Gasteiger partial charge is 0.278 e. The number of amides is 1. The normalized spacial score (nSPS) is 15.3. The zero-order valence-electron chi connectivity index (χ0n) is 15.4. The number of halogens is 1. The number of carbonyl (C=O) groups excluding carboxylic acids is 1. The number of anilines is 1. The molecule has 1 aromatic carbocycles. The fraction of sp³-hybridized carbons (Fsp3) is 0.350. The van der Waals surface area contributed by atoms with E-state index in [9.17, 15) is 4.79 Å². The molecule has 2 aromatic heterocycles. The van der Waals surface area contributed by atoms with Crippen molar-refractivity contribution in [1.29, 1.82) is 0 Å². The molecule has 2 aliphatic rings. The van der Waals surface area contributed by atoms with Crippen LogP contribution in [-0.2, 0) is 25.8 Å². The number of hydrogen-bond donors (Lipinski definition) is 3. The van der Waals surface area contributed by atoms with Crippen molar-refractivity contribution < 1.29 is 4.79 Å². The number of aromatic amines is 1. The first-order chi connectivity index (χ1) is 13.3. The van der Waals surface area contributed by atoms with Gasteiger partial charge in [0.15, 0.2) is 10.8 Å². The number of H-pyrrole nitrogens is 1. The second-order valence-electron chi connectivity index (χ2n) is 7.14. The molecule has 0 fully saturated rings. The van der Waals surface area contributed by atoms with Crippen molar-refractivity contribution in [3.63, 3.8) is 0 Å². The summed E-state index contributed by atoms with van der Waals surface area (Å²) in [5, 5.41) is 16.0. The zero-order chi connectivity index (χ0) is 18.2. The van der Waals surface area contributed by atoms with Crippen molar-refractivity contribution in [1.82, 2.24) is 20.5 Å². The van der Waals surface area contributed by atoms with Gasteiger partial charge >= 0.3 is 0 Å². The fourth-order valence-electron chi connectivity index (χ4n) is 3.93. The number of nitrogens with zero attached hydrogens (tertiary/aromatic N) is 2. The van der Waals surface area contributed by atoms with Gasteiger partial charge in [-0.25, -0.2) is 4.98 Å². The van der Waals surface area contributed by atoms with Gasteiger partial charge in [0.1, 0.15) is 0 Å². The van der Waals surface area contributed by atoms with Crippen LogP contribution >= 0.6 is 23.7 Å². The number of benzene rings is 1. The van der Waals surface area contributed by atoms with E-state index >= 15 is 0 Å². The first-order valence-electron chi connectivity index (χ1n) is 9.44. The summed E-state index contributed by atoms with van der Waals surface area (Å²) in [6.45, 7) is 1.58. The molecule has 0 spiro atoms. The molecular formula is C20H22ClN5OS. The Labute approximate surface area is 173 Å². The summed E-state index contributed by atoms with van der Waals surface area (Å²) in [5.74, 6) is -0.206. The molecule has 0 atom stereocenters. The lowest BCUT2D eigenvalue weighted by molar-refractivity contribution is 0.102. The molecule has 1 aliphatic heterocycles. The van der Waals surface area contributed by atoms with Crippen LogP contribution in [0.5, 0.6) is 0 Å². The second-order valence-corrected chi connectivity index (χ2v) is 8.00. The quantitative estimate of drug-likeness (QED) is 0.608. The van der Waals surface area contributed by atoms with Gasteiger partial charge in [-0.3, -0.25) is 15.2 Å². The summed E-state index contributed by atoms with van der Waals surface area (Å²) in [6, 6.07) is 6.62. The van der Waals surface area contributed by atoms with Crippen molar-refractivity contribution >= 4 is 34.8 Å². The summed E-state index contributed by atoms with van der Waals surface area (Å²) in [4.78, 5) is 17.3. The van der Waals surface area contributed by atoms with Crippen LogP contribution in [-0.4, -0.2) is 27.6 Å². The maximum absolute atomic E-state index is 12.6. The highest BCUT2D eigenvalue weighted by Gasteiger charge is 2.22. The summed E-state index contributed by atoms with van der Waals surface area (Å²) < 4.78 is 0. The van der Waals surface area contributed by atoms with E-state index in [0.29, 0.717) is 17.4 Å². The van der Waals surface area contributed by atoms with E-state index < -0.39 is 0 Å². The number of nitrogens with one attached hydrogen (secondary N) is 3. The molecule has 146 valence electrons. The van der Waals surface area contributed by atoms with Gasteiger partial charge in [0.25, 0.3) is 5.91 Å². The average Bonchev–Trinajstić information content (AvgIpc) is 3.34. The molecule has 3 aromatic rings. The van der Waals surface area contributed by atoms with Crippen LogP contribution in [0.25, 0.3) is 11.3 Å². The lowest BCUT2D eigenvalue weighted by atomic mass is 9.90. The molecule has 3 heterocycles. The van der Waals surface area contributed by atoms with Crippen LogP contribution in [0.4, 0.5) is 5.13 Å². The minimum absolute atomic E-state index is 0. The Morgan fingerprint density at radius 3 is 2.89 bits per heavy atom. The fourth-order valence-corrected chi connectivity index (χ4v) is 4.64. The lowest BCUT2D eigenvalue weighted by Gasteiger charge is -2.16. The monoisotopic (exact) mass is 415 g/mol. The van der Waals surface area contributed by atoms with E-state index in [1.165, 1.54) is 41.7 Å². The minimum atomic E-state index is -0.206. The van der Waals surface area contributed by atoms with Gasteiger partial charge in [0.05, 0.1) is 5.69 Å². The molecule has 1 amide bonds. The Hall–Kier alpha value is -2.22. The summed E-state index contributed by atoms with van der Waals surface area (Å²) in [5.41, 5.74) is 7.41. The first kappa shape index (κ1) is 19.1. The number of rotatable bonds is 3. The number of fused-ring (bicyclic) bond motifs is 2. The number of aryl methyl sites for hydroxylation is 2. The first-order valence-corrected chi connectivity index (χ1v) is 10.3. The van der Waals surface area contributed by atoms with Crippen molar-refractivity contribution in [3.8, 4) is 11.3 Å². The van der Waals surface area contributed by atoms with Gasteiger partial charge in [-0.1, -0.05) is 12.1 Å². The van der Waals surface area contributed by atoms with Gasteiger partial charge in [0, 0.05) is 41.7 Å². The number of aromatic nitrogens is 3. The highest BCUT2D eigenvalue weighted by atomic mass is 35.5. The van der Waals surface area contributed by atoms with Gasteiger partial charge in [-0.15, -0.1) is 23.7 Å². The Bertz CT molecular complexity index is 1010. The molecule has 28 heavy (non-hydrogen) atoms. The van der Waals surface area contributed by atoms with Crippen molar-refractivity contribution in [2.75, 3.05) is 11.9 Å². The van der Waals surface area contributed by atoms with E-state index in [4.69, 9.17) is 0 Å². The predicted octanol–water partition coefficient (Wildman–Crippen LogP) is 3.73. The molecule has 8 heteroatoms. The Morgan fingerprint density at radius 1 is 1.14 bits per heavy atom. The largest absolute Gasteiger partial charge is 0.312 e. The predicted molar refractivity (Wildman–Crippen MR) is 113 cm³/mol. The van der Waals surface area contributed by atoms with Crippen LogP contribution in [0, 0.1) is 0 Å². The van der Waals surface area contributed by atoms with Gasteiger partial charge in [0.2, 0.25) is 0 Å². The Balaban J connectivity index is 0.00000192. The molecule has 0 unspecified atom stereocenters. The zero-order valence-corrected chi connectivity index (χ0v) is 17.0. The van der Waals surface area contributed by atoms with Gasteiger partial charge in [-0.2, -0.15) is 5.10 Å². The lowest BCUT2D eigenvalue weighted by Crippen LogP contribution is -2.25. The summed E-state index contributed by atoms with van der Waals surface area (Å²) >= 11 is 1.45. The van der Waals surface area contributed by atoms with E-state index in [1.54, 1.807) is 0 Å². The Morgan fingerprint density at radius 2 is 2.00 bits per heavy atom. The average molecular weight is 416 g/mol. The van der Waals surface area contributed by atoms with Crippen molar-refractivity contribution in [2.45, 2.75) is 38.6 Å². The van der Waals surface area contributed by atoms with E-state index in [0.717, 1.165) is 41.9 Å². The van der Waals surface area contributed by atoms with Crippen LogP contribution in [0.3, 0.4) is 0 Å². The van der Waals surface area contributed by atoms with Crippen LogP contribution in [0.2, 0.25) is 0 Å². The topological polar surface area (TPSA) is 82.7 Å². The maximum Gasteiger partial charge on any atom is 0.278 e. The van der Waals surface area contributed by atoms with Crippen LogP contribution in [0.1, 0.15) is 45.7 Å². The third-order valence-corrected chi connectivity index (χ3v) is 6.15. The number of carbonyl (C=O) groups is 1. The molecule has 0 saturated carbocycles. The van der Waals surface area contributed by atoms with Crippen molar-refractivity contribution in [3.05, 3.63) is 51.7 Å². The van der Waals surface area contributed by atoms with Gasteiger partial charge < -0.3 is 5.32 Å². The highest BCUT2D eigenvalue weighted by molar-refractivity contribution is 7.14. The van der Waals surface area contributed by atoms with Crippen LogP contribution in [0.15, 0.2) is 23.6 Å². The third-order valence-electron chi connectivity index (χ3n) is 5.39. The molecule has 0 radical (unpaired) electrons. The Kier molecular flexibility index (Phi) is 5.48. The molecule has 1 aliphatic carbocycles. The highest BCUT2D eigenvalue weighted by Crippen LogP contribution is 2.30. The van der Waals surface area contributed by atoms with Gasteiger partial charge in [-0.05, 0) is 42.9 Å². The van der Waals surface area contributed by atoms with E-state index in [1.807, 2.05) is 5.38 Å². The summed E-state index contributed by atoms with van der Waals surface area (Å²) in [7, 11) is 0.